The summed E-state index contributed by atoms with van der Waals surface area (Å²) in [4.78, 5) is 26.0. The molecule has 7 heteroatoms. The highest BCUT2D eigenvalue weighted by molar-refractivity contribution is 5.86. The van der Waals surface area contributed by atoms with Gasteiger partial charge in [0.15, 0.2) is 17.3 Å². The first-order valence-corrected chi connectivity index (χ1v) is 10.2. The van der Waals surface area contributed by atoms with Gasteiger partial charge in [0.25, 0.3) is 0 Å². The van der Waals surface area contributed by atoms with Gasteiger partial charge in [0, 0.05) is 5.56 Å². The topological polar surface area (TPSA) is 84.2 Å². The lowest BCUT2D eigenvalue weighted by Gasteiger charge is -2.14. The molecule has 0 amide bonds. The number of carbonyl (C=O) groups excluding carboxylic acids is 1. The number of aryl methyl sites for hydroxylation is 2. The molecule has 7 nitrogen and oxygen atoms in total. The van der Waals surface area contributed by atoms with Gasteiger partial charge in [-0.15, -0.1) is 0 Å². The summed E-state index contributed by atoms with van der Waals surface area (Å²) < 4.78 is 27.4. The predicted octanol–water partition coefficient (Wildman–Crippen LogP) is 5.67. The van der Waals surface area contributed by atoms with Crippen LogP contribution in [0.2, 0.25) is 0 Å². The summed E-state index contributed by atoms with van der Waals surface area (Å²) in [5.41, 5.74) is 2.04. The molecule has 4 rings (SSSR count). The van der Waals surface area contributed by atoms with Crippen molar-refractivity contribution in [2.45, 2.75) is 13.8 Å². The molecule has 168 valence electrons. The van der Waals surface area contributed by atoms with Crippen molar-refractivity contribution in [1.29, 1.82) is 0 Å². The highest BCUT2D eigenvalue weighted by Crippen LogP contribution is 2.37. The minimum atomic E-state index is -1.06. The molecule has 0 aliphatic rings. The monoisotopic (exact) mass is 446 g/mol. The van der Waals surface area contributed by atoms with Crippen molar-refractivity contribution in [3.05, 3.63) is 82.0 Å². The number of ether oxygens (including phenoxy) is 4. The Morgan fingerprint density at radius 2 is 1.58 bits per heavy atom. The quantitative estimate of drug-likeness (QED) is 0.288. The summed E-state index contributed by atoms with van der Waals surface area (Å²) in [7, 11) is 3.02. The average molecular weight is 446 g/mol. The molecule has 0 fully saturated rings. The van der Waals surface area contributed by atoms with Crippen molar-refractivity contribution in [2.24, 2.45) is 0 Å². The molecule has 0 aliphatic carbocycles. The Bertz CT molecular complexity index is 1390. The van der Waals surface area contributed by atoms with E-state index in [2.05, 4.69) is 0 Å². The Hall–Kier alpha value is -4.26. The molecule has 3 aromatic carbocycles. The highest BCUT2D eigenvalue weighted by atomic mass is 16.7. The molecule has 1 heterocycles. The first kappa shape index (κ1) is 22.0. The van der Waals surface area contributed by atoms with Crippen LogP contribution >= 0.6 is 0 Å². The lowest BCUT2D eigenvalue weighted by Crippen LogP contribution is -2.19. The second-order valence-electron chi connectivity index (χ2n) is 7.38. The van der Waals surface area contributed by atoms with Gasteiger partial charge >= 0.3 is 6.16 Å². The molecular formula is C26H22O7. The fourth-order valence-electron chi connectivity index (χ4n) is 3.58. The maximum Gasteiger partial charge on any atom is 0.519 e. The van der Waals surface area contributed by atoms with Crippen molar-refractivity contribution in [2.75, 3.05) is 14.2 Å². The SMILES string of the molecule is COc1ccc(-c2oc3c(C)cc(C)cc3c(=O)c2OC(=O)Oc2ccccc2)cc1OC. The van der Waals surface area contributed by atoms with Gasteiger partial charge in [-0.3, -0.25) is 4.79 Å². The van der Waals surface area contributed by atoms with Crippen LogP contribution in [-0.2, 0) is 0 Å². The van der Waals surface area contributed by atoms with Crippen molar-refractivity contribution < 1.29 is 28.2 Å². The van der Waals surface area contributed by atoms with E-state index in [1.165, 1.54) is 14.2 Å². The second kappa shape index (κ2) is 9.08. The molecule has 0 radical (unpaired) electrons. The Morgan fingerprint density at radius 3 is 2.27 bits per heavy atom. The third-order valence-electron chi connectivity index (χ3n) is 5.06. The van der Waals surface area contributed by atoms with Crippen LogP contribution in [0.15, 0.2) is 69.9 Å². The minimum Gasteiger partial charge on any atom is -0.493 e. The molecule has 0 N–H and O–H groups in total. The van der Waals surface area contributed by atoms with Gasteiger partial charge < -0.3 is 23.4 Å². The number of benzene rings is 3. The molecule has 0 atom stereocenters. The van der Waals surface area contributed by atoms with Crippen LogP contribution in [0.1, 0.15) is 11.1 Å². The maximum atomic E-state index is 13.4. The molecule has 0 saturated carbocycles. The molecule has 0 unspecified atom stereocenters. The van der Waals surface area contributed by atoms with Gasteiger partial charge in [0.2, 0.25) is 11.2 Å². The largest absolute Gasteiger partial charge is 0.519 e. The van der Waals surface area contributed by atoms with Gasteiger partial charge in [0.1, 0.15) is 11.3 Å². The van der Waals surface area contributed by atoms with E-state index in [4.69, 9.17) is 23.4 Å². The summed E-state index contributed by atoms with van der Waals surface area (Å²) in [6, 6.07) is 17.0. The molecular weight excluding hydrogens is 424 g/mol. The van der Waals surface area contributed by atoms with Crippen LogP contribution in [0.5, 0.6) is 23.0 Å². The summed E-state index contributed by atoms with van der Waals surface area (Å²) in [6.07, 6.45) is -1.06. The van der Waals surface area contributed by atoms with E-state index < -0.39 is 11.6 Å². The van der Waals surface area contributed by atoms with Crippen LogP contribution < -0.4 is 24.4 Å². The van der Waals surface area contributed by atoms with E-state index in [0.717, 1.165) is 11.1 Å². The Morgan fingerprint density at radius 1 is 0.848 bits per heavy atom. The molecule has 0 aliphatic heterocycles. The standard InChI is InChI=1S/C26H22O7/c1-15-12-16(2)23-19(13-15)22(27)25(33-26(28)31-18-8-6-5-7-9-18)24(32-23)17-10-11-20(29-3)21(14-17)30-4/h5-14H,1-4H3. The fraction of sp³-hybridized carbons (Fsp3) is 0.154. The van der Waals surface area contributed by atoms with Gasteiger partial charge in [-0.25, -0.2) is 4.79 Å². The molecule has 1 aromatic heterocycles. The highest BCUT2D eigenvalue weighted by Gasteiger charge is 2.23. The van der Waals surface area contributed by atoms with Crippen molar-refractivity contribution >= 4 is 17.1 Å². The van der Waals surface area contributed by atoms with Gasteiger partial charge in [-0.1, -0.05) is 24.3 Å². The van der Waals surface area contributed by atoms with Gasteiger partial charge in [0.05, 0.1) is 19.6 Å². The zero-order valence-corrected chi connectivity index (χ0v) is 18.6. The Kier molecular flexibility index (Phi) is 6.04. The molecule has 0 bridgehead atoms. The van der Waals surface area contributed by atoms with E-state index >= 15 is 0 Å². The third-order valence-corrected chi connectivity index (χ3v) is 5.06. The van der Waals surface area contributed by atoms with Crippen LogP contribution in [0.25, 0.3) is 22.3 Å². The fourth-order valence-corrected chi connectivity index (χ4v) is 3.58. The van der Waals surface area contributed by atoms with E-state index in [9.17, 15) is 9.59 Å². The van der Waals surface area contributed by atoms with Crippen molar-refractivity contribution in [1.82, 2.24) is 0 Å². The van der Waals surface area contributed by atoms with Crippen LogP contribution in [0.3, 0.4) is 0 Å². The lowest BCUT2D eigenvalue weighted by molar-refractivity contribution is 0.151. The lowest BCUT2D eigenvalue weighted by atomic mass is 10.0. The summed E-state index contributed by atoms with van der Waals surface area (Å²) in [5, 5.41) is 0.305. The Labute approximate surface area is 190 Å². The number of hydrogen-bond acceptors (Lipinski definition) is 7. The maximum absolute atomic E-state index is 13.4. The zero-order chi connectivity index (χ0) is 23.5. The second-order valence-corrected chi connectivity index (χ2v) is 7.38. The number of rotatable bonds is 5. The number of para-hydroxylation sites is 1. The first-order valence-electron chi connectivity index (χ1n) is 10.2. The van der Waals surface area contributed by atoms with Gasteiger partial charge in [-0.05, 0) is 61.4 Å². The Balaban J connectivity index is 1.89. The average Bonchev–Trinajstić information content (AvgIpc) is 2.81. The van der Waals surface area contributed by atoms with Crippen LogP contribution in [-0.4, -0.2) is 20.4 Å². The summed E-state index contributed by atoms with van der Waals surface area (Å²) >= 11 is 0. The third kappa shape index (κ3) is 4.39. The summed E-state index contributed by atoms with van der Waals surface area (Å²) in [6.45, 7) is 3.72. The number of carbonyl (C=O) groups is 1. The van der Waals surface area contributed by atoms with Crippen molar-refractivity contribution in [3.8, 4) is 34.3 Å². The number of hydrogen-bond donors (Lipinski definition) is 0. The first-order chi connectivity index (χ1) is 15.9. The predicted molar refractivity (Wildman–Crippen MR) is 124 cm³/mol. The van der Waals surface area contributed by atoms with E-state index in [-0.39, 0.29) is 17.3 Å². The molecule has 0 spiro atoms. The minimum absolute atomic E-state index is 0.0745. The number of methoxy groups -OCH3 is 2. The molecule has 4 aromatic rings. The molecule has 33 heavy (non-hydrogen) atoms. The van der Waals surface area contributed by atoms with E-state index in [0.29, 0.717) is 28.0 Å². The number of fused-ring (bicyclic) bond motifs is 1. The zero-order valence-electron chi connectivity index (χ0n) is 18.6. The van der Waals surface area contributed by atoms with Crippen molar-refractivity contribution in [3.63, 3.8) is 0 Å². The van der Waals surface area contributed by atoms with E-state index in [1.807, 2.05) is 19.9 Å². The smallest absolute Gasteiger partial charge is 0.493 e. The normalized spacial score (nSPS) is 10.7. The van der Waals surface area contributed by atoms with Crippen LogP contribution in [0, 0.1) is 13.8 Å². The summed E-state index contributed by atoms with van der Waals surface area (Å²) in [5.74, 6) is 1.01. The van der Waals surface area contributed by atoms with E-state index in [1.54, 1.807) is 54.6 Å². The van der Waals surface area contributed by atoms with Gasteiger partial charge in [-0.2, -0.15) is 0 Å². The molecule has 0 saturated heterocycles. The van der Waals surface area contributed by atoms with Crippen LogP contribution in [0.4, 0.5) is 4.79 Å².